The highest BCUT2D eigenvalue weighted by Crippen LogP contribution is 2.23. The molecule has 0 unspecified atom stereocenters. The van der Waals surface area contributed by atoms with Crippen LogP contribution in [0.3, 0.4) is 0 Å². The van der Waals surface area contributed by atoms with E-state index in [2.05, 4.69) is 27.0 Å². The van der Waals surface area contributed by atoms with Crippen LogP contribution in [0.5, 0.6) is 5.75 Å². The molecule has 9 heteroatoms. The van der Waals surface area contributed by atoms with Crippen molar-refractivity contribution in [2.75, 3.05) is 32.7 Å². The summed E-state index contributed by atoms with van der Waals surface area (Å²) in [4.78, 5) is 21.4. The van der Waals surface area contributed by atoms with Crippen molar-refractivity contribution in [3.05, 3.63) is 34.6 Å². The lowest BCUT2D eigenvalue weighted by molar-refractivity contribution is -0.132. The molecule has 1 aliphatic rings. The topological polar surface area (TPSA) is 74.3 Å². The zero-order valence-corrected chi connectivity index (χ0v) is 18.0. The summed E-state index contributed by atoms with van der Waals surface area (Å²) in [6.45, 7) is 10.7. The second-order valence-corrected chi connectivity index (χ2v) is 8.50. The van der Waals surface area contributed by atoms with Crippen molar-refractivity contribution in [3.8, 4) is 5.75 Å². The zero-order chi connectivity index (χ0) is 20.1. The Balaban J connectivity index is 1.49. The zero-order valence-electron chi connectivity index (χ0n) is 16.4. The van der Waals surface area contributed by atoms with E-state index in [1.807, 2.05) is 36.9 Å². The third-order valence-corrected chi connectivity index (χ3v) is 6.15. The van der Waals surface area contributed by atoms with Crippen LogP contribution in [0.25, 0.3) is 0 Å². The van der Waals surface area contributed by atoms with Crippen LogP contribution in [-0.4, -0.2) is 68.9 Å². The first-order valence-electron chi connectivity index (χ1n) is 9.44. The van der Waals surface area contributed by atoms with E-state index in [1.165, 1.54) is 11.8 Å². The number of benzene rings is 1. The highest BCUT2D eigenvalue weighted by Gasteiger charge is 2.26. The van der Waals surface area contributed by atoms with Gasteiger partial charge in [-0.15, -0.1) is 5.10 Å². The number of aromatic nitrogens is 3. The molecule has 1 atom stereocenters. The number of hydrogen-bond acceptors (Lipinski definition) is 6. The fourth-order valence-corrected chi connectivity index (χ4v) is 3.95. The van der Waals surface area contributed by atoms with Crippen molar-refractivity contribution in [3.63, 3.8) is 0 Å². The third-order valence-electron chi connectivity index (χ3n) is 4.78. The fourth-order valence-electron chi connectivity index (χ4n) is 3.00. The molecule has 1 amide bonds. The predicted octanol–water partition coefficient (Wildman–Crippen LogP) is 2.99. The standard InChI is InChI=1S/C19H26ClN5O2S/c1-4-24-7-9-25(10-8-24)18(26)14(3)28-19-21-17(22-23-19)12-27-15-5-6-16(20)13(2)11-15/h5-6,11,14H,4,7-10,12H2,1-3H3,(H,21,22,23)/t14-/m1/s1. The largest absolute Gasteiger partial charge is 0.486 e. The number of piperazine rings is 1. The number of ether oxygens (including phenoxy) is 1. The van der Waals surface area contributed by atoms with Crippen LogP contribution in [0.15, 0.2) is 23.4 Å². The highest BCUT2D eigenvalue weighted by molar-refractivity contribution is 8.00. The number of hydrogen-bond donors (Lipinski definition) is 1. The molecule has 0 bridgehead atoms. The first-order valence-corrected chi connectivity index (χ1v) is 10.7. The van der Waals surface area contributed by atoms with Crippen molar-refractivity contribution < 1.29 is 9.53 Å². The lowest BCUT2D eigenvalue weighted by Crippen LogP contribution is -2.50. The lowest BCUT2D eigenvalue weighted by Gasteiger charge is -2.35. The summed E-state index contributed by atoms with van der Waals surface area (Å²) in [5, 5.41) is 8.11. The van der Waals surface area contributed by atoms with E-state index in [-0.39, 0.29) is 17.8 Å². The van der Waals surface area contributed by atoms with Crippen LogP contribution in [0.4, 0.5) is 0 Å². The number of rotatable bonds is 7. The third kappa shape index (κ3) is 5.40. The van der Waals surface area contributed by atoms with E-state index < -0.39 is 0 Å². The average molecular weight is 424 g/mol. The van der Waals surface area contributed by atoms with Gasteiger partial charge in [-0.05, 0) is 44.2 Å². The van der Waals surface area contributed by atoms with Crippen molar-refractivity contribution >= 4 is 29.3 Å². The minimum Gasteiger partial charge on any atom is -0.486 e. The Morgan fingerprint density at radius 2 is 2.11 bits per heavy atom. The molecule has 7 nitrogen and oxygen atoms in total. The molecule has 2 heterocycles. The van der Waals surface area contributed by atoms with E-state index in [4.69, 9.17) is 16.3 Å². The molecular formula is C19H26ClN5O2S. The lowest BCUT2D eigenvalue weighted by atomic mass is 10.2. The first kappa shape index (κ1) is 21.0. The number of nitrogens with zero attached hydrogens (tertiary/aromatic N) is 4. The smallest absolute Gasteiger partial charge is 0.235 e. The molecule has 2 aromatic rings. The maximum atomic E-state index is 12.7. The molecule has 1 fully saturated rings. The monoisotopic (exact) mass is 423 g/mol. The molecule has 0 saturated carbocycles. The van der Waals surface area contributed by atoms with E-state index >= 15 is 0 Å². The summed E-state index contributed by atoms with van der Waals surface area (Å²) in [6.07, 6.45) is 0. The highest BCUT2D eigenvalue weighted by atomic mass is 35.5. The summed E-state index contributed by atoms with van der Waals surface area (Å²) in [6, 6.07) is 5.51. The molecule has 0 spiro atoms. The molecule has 1 saturated heterocycles. The number of H-pyrrole nitrogens is 1. The fraction of sp³-hybridized carbons (Fsp3) is 0.526. The Bertz CT molecular complexity index is 807. The maximum absolute atomic E-state index is 12.7. The Morgan fingerprint density at radius 1 is 1.36 bits per heavy atom. The number of likely N-dealkylation sites (N-methyl/N-ethyl adjacent to an activating group) is 1. The summed E-state index contributed by atoms with van der Waals surface area (Å²) < 4.78 is 5.73. The molecular weight excluding hydrogens is 398 g/mol. The number of carbonyl (C=O) groups excluding carboxylic acids is 1. The van der Waals surface area contributed by atoms with Gasteiger partial charge >= 0.3 is 0 Å². The van der Waals surface area contributed by atoms with Gasteiger partial charge in [0.25, 0.3) is 0 Å². The van der Waals surface area contributed by atoms with Gasteiger partial charge in [-0.1, -0.05) is 30.3 Å². The van der Waals surface area contributed by atoms with Crippen LogP contribution in [-0.2, 0) is 11.4 Å². The van der Waals surface area contributed by atoms with Gasteiger partial charge in [0.1, 0.15) is 12.4 Å². The molecule has 0 radical (unpaired) electrons. The van der Waals surface area contributed by atoms with Gasteiger partial charge < -0.3 is 14.5 Å². The number of aryl methyl sites for hydroxylation is 1. The molecule has 1 N–H and O–H groups in total. The number of carbonyl (C=O) groups is 1. The molecule has 1 aromatic heterocycles. The second kappa shape index (κ2) is 9.62. The van der Waals surface area contributed by atoms with E-state index in [9.17, 15) is 4.79 Å². The van der Waals surface area contributed by atoms with Gasteiger partial charge in [-0.2, -0.15) is 0 Å². The van der Waals surface area contributed by atoms with E-state index in [0.29, 0.717) is 16.0 Å². The molecule has 28 heavy (non-hydrogen) atoms. The van der Waals surface area contributed by atoms with Gasteiger partial charge in [0.2, 0.25) is 11.1 Å². The van der Waals surface area contributed by atoms with Gasteiger partial charge in [0, 0.05) is 31.2 Å². The summed E-state index contributed by atoms with van der Waals surface area (Å²) >= 11 is 7.39. The maximum Gasteiger partial charge on any atom is 0.235 e. The molecule has 1 aliphatic heterocycles. The Morgan fingerprint density at radius 3 is 2.79 bits per heavy atom. The molecule has 0 aliphatic carbocycles. The summed E-state index contributed by atoms with van der Waals surface area (Å²) in [5.74, 6) is 1.48. The SMILES string of the molecule is CCN1CCN(C(=O)[C@@H](C)Sc2n[nH]c(COc3ccc(Cl)c(C)c3)n2)CC1. The number of amides is 1. The normalized spacial score (nSPS) is 16.2. The van der Waals surface area contributed by atoms with Crippen LogP contribution in [0.1, 0.15) is 25.2 Å². The Hall–Kier alpha value is -1.77. The van der Waals surface area contributed by atoms with Crippen LogP contribution in [0.2, 0.25) is 5.02 Å². The number of aromatic amines is 1. The average Bonchev–Trinajstić information content (AvgIpc) is 3.15. The van der Waals surface area contributed by atoms with Crippen molar-refractivity contribution in [1.82, 2.24) is 25.0 Å². The second-order valence-electron chi connectivity index (χ2n) is 6.78. The number of nitrogens with one attached hydrogen (secondary N) is 1. The van der Waals surface area contributed by atoms with Crippen LogP contribution < -0.4 is 4.74 Å². The van der Waals surface area contributed by atoms with Gasteiger partial charge in [-0.25, -0.2) is 4.98 Å². The summed E-state index contributed by atoms with van der Waals surface area (Å²) in [5.41, 5.74) is 0.958. The molecule has 3 rings (SSSR count). The van der Waals surface area contributed by atoms with E-state index in [0.717, 1.165) is 44.0 Å². The Kier molecular flexibility index (Phi) is 7.20. The van der Waals surface area contributed by atoms with Crippen LogP contribution in [0, 0.1) is 6.92 Å². The molecule has 152 valence electrons. The first-order chi connectivity index (χ1) is 13.5. The van der Waals surface area contributed by atoms with Crippen LogP contribution >= 0.6 is 23.4 Å². The van der Waals surface area contributed by atoms with Crippen molar-refractivity contribution in [2.45, 2.75) is 37.8 Å². The van der Waals surface area contributed by atoms with Gasteiger partial charge in [0.15, 0.2) is 5.82 Å². The summed E-state index contributed by atoms with van der Waals surface area (Å²) in [7, 11) is 0. The van der Waals surface area contributed by atoms with Crippen molar-refractivity contribution in [1.29, 1.82) is 0 Å². The van der Waals surface area contributed by atoms with Gasteiger partial charge in [0.05, 0.1) is 5.25 Å². The minimum absolute atomic E-state index is 0.139. The quantitative estimate of drug-likeness (QED) is 0.690. The predicted molar refractivity (Wildman–Crippen MR) is 111 cm³/mol. The van der Waals surface area contributed by atoms with Gasteiger partial charge in [-0.3, -0.25) is 9.89 Å². The van der Waals surface area contributed by atoms with Crippen molar-refractivity contribution in [2.24, 2.45) is 0 Å². The number of thioether (sulfide) groups is 1. The van der Waals surface area contributed by atoms with E-state index in [1.54, 1.807) is 0 Å². The molecule has 1 aromatic carbocycles. The number of halogens is 1. The Labute approximate surface area is 174 Å². The minimum atomic E-state index is -0.225.